The Balaban J connectivity index is 2.19. The minimum Gasteiger partial charge on any atom is -0.441 e. The van der Waals surface area contributed by atoms with Crippen molar-refractivity contribution in [1.29, 1.82) is 0 Å². The van der Waals surface area contributed by atoms with E-state index in [-0.39, 0.29) is 0 Å². The SMILES string of the molecule is Cc1coc(-c2nc3csc(N)c3o2)n1. The maximum absolute atomic E-state index is 5.71. The molecule has 0 aliphatic rings. The fourth-order valence-corrected chi connectivity index (χ4v) is 1.96. The number of aryl methyl sites for hydroxylation is 1. The summed E-state index contributed by atoms with van der Waals surface area (Å²) in [7, 11) is 0. The fourth-order valence-electron chi connectivity index (χ4n) is 1.30. The Hall–Kier alpha value is -1.82. The lowest BCUT2D eigenvalue weighted by molar-refractivity contribution is 0.527. The Kier molecular flexibility index (Phi) is 1.60. The topological polar surface area (TPSA) is 78.1 Å². The first-order valence-electron chi connectivity index (χ1n) is 4.30. The number of hydrogen-bond acceptors (Lipinski definition) is 6. The molecule has 0 fully saturated rings. The number of nitrogens with two attached hydrogens (primary N) is 1. The molecular weight excluding hydrogens is 214 g/mol. The lowest BCUT2D eigenvalue weighted by Crippen LogP contribution is -1.77. The van der Waals surface area contributed by atoms with E-state index in [1.165, 1.54) is 11.3 Å². The summed E-state index contributed by atoms with van der Waals surface area (Å²) in [6, 6.07) is 0. The summed E-state index contributed by atoms with van der Waals surface area (Å²) >= 11 is 1.40. The number of aromatic nitrogens is 2. The number of thiophene rings is 1. The highest BCUT2D eigenvalue weighted by molar-refractivity contribution is 7.15. The predicted molar refractivity (Wildman–Crippen MR) is 56.5 cm³/mol. The van der Waals surface area contributed by atoms with E-state index in [9.17, 15) is 0 Å². The first-order valence-corrected chi connectivity index (χ1v) is 5.18. The van der Waals surface area contributed by atoms with E-state index in [0.29, 0.717) is 22.4 Å². The molecular formula is C9H7N3O2S. The second kappa shape index (κ2) is 2.83. The van der Waals surface area contributed by atoms with Crippen molar-refractivity contribution in [2.75, 3.05) is 5.73 Å². The van der Waals surface area contributed by atoms with Crippen molar-refractivity contribution in [3.05, 3.63) is 17.3 Å². The first-order chi connectivity index (χ1) is 7.24. The maximum atomic E-state index is 5.71. The van der Waals surface area contributed by atoms with Crippen molar-refractivity contribution in [3.8, 4) is 11.8 Å². The number of anilines is 1. The van der Waals surface area contributed by atoms with Gasteiger partial charge in [0.25, 0.3) is 11.8 Å². The molecule has 6 heteroatoms. The van der Waals surface area contributed by atoms with Crippen molar-refractivity contribution in [3.63, 3.8) is 0 Å². The summed E-state index contributed by atoms with van der Waals surface area (Å²) in [5, 5.41) is 2.46. The molecule has 2 N–H and O–H groups in total. The average Bonchev–Trinajstić information content (AvgIpc) is 2.84. The first kappa shape index (κ1) is 8.49. The van der Waals surface area contributed by atoms with Crippen LogP contribution in [0.4, 0.5) is 5.00 Å². The molecule has 0 amide bonds. The number of rotatable bonds is 1. The van der Waals surface area contributed by atoms with Gasteiger partial charge in [0.2, 0.25) is 0 Å². The van der Waals surface area contributed by atoms with E-state index in [1.807, 2.05) is 12.3 Å². The van der Waals surface area contributed by atoms with Crippen LogP contribution < -0.4 is 5.73 Å². The quantitative estimate of drug-likeness (QED) is 0.682. The van der Waals surface area contributed by atoms with Gasteiger partial charge in [-0.3, -0.25) is 0 Å². The van der Waals surface area contributed by atoms with Crippen molar-refractivity contribution in [2.45, 2.75) is 6.92 Å². The molecule has 0 unspecified atom stereocenters. The van der Waals surface area contributed by atoms with Crippen molar-refractivity contribution in [1.82, 2.24) is 9.97 Å². The minimum atomic E-state index is 0.368. The Bertz CT molecular complexity index is 622. The van der Waals surface area contributed by atoms with Crippen molar-refractivity contribution < 1.29 is 8.83 Å². The second-order valence-electron chi connectivity index (χ2n) is 3.13. The highest BCUT2D eigenvalue weighted by Gasteiger charge is 2.15. The number of nitrogens with zero attached hydrogens (tertiary/aromatic N) is 2. The Morgan fingerprint density at radius 1 is 1.33 bits per heavy atom. The van der Waals surface area contributed by atoms with Crippen LogP contribution in [0.1, 0.15) is 5.69 Å². The summed E-state index contributed by atoms with van der Waals surface area (Å²) in [5.74, 6) is 0.751. The molecule has 15 heavy (non-hydrogen) atoms. The zero-order chi connectivity index (χ0) is 10.4. The molecule has 0 saturated carbocycles. The van der Waals surface area contributed by atoms with Crippen LogP contribution in [0.15, 0.2) is 20.5 Å². The Morgan fingerprint density at radius 3 is 2.87 bits per heavy atom. The molecule has 0 saturated heterocycles. The van der Waals surface area contributed by atoms with E-state index >= 15 is 0 Å². The molecule has 3 aromatic heterocycles. The van der Waals surface area contributed by atoms with Gasteiger partial charge in [0, 0.05) is 5.38 Å². The maximum Gasteiger partial charge on any atom is 0.284 e. The normalized spacial score (nSPS) is 11.3. The van der Waals surface area contributed by atoms with Crippen LogP contribution in [0.5, 0.6) is 0 Å². The molecule has 0 radical (unpaired) electrons. The van der Waals surface area contributed by atoms with E-state index < -0.39 is 0 Å². The molecule has 0 aliphatic carbocycles. The summed E-state index contributed by atoms with van der Waals surface area (Å²) in [6.07, 6.45) is 1.55. The van der Waals surface area contributed by atoms with Gasteiger partial charge < -0.3 is 14.6 Å². The Labute approximate surface area is 88.5 Å². The van der Waals surface area contributed by atoms with Crippen LogP contribution in [0, 0.1) is 6.92 Å². The largest absolute Gasteiger partial charge is 0.441 e. The lowest BCUT2D eigenvalue weighted by Gasteiger charge is -1.84. The fraction of sp³-hybridized carbons (Fsp3) is 0.111. The molecule has 0 bridgehead atoms. The monoisotopic (exact) mass is 221 g/mol. The molecule has 0 atom stereocenters. The molecule has 0 aromatic carbocycles. The third-order valence-electron chi connectivity index (χ3n) is 1.98. The van der Waals surface area contributed by atoms with Gasteiger partial charge in [0.15, 0.2) is 5.58 Å². The molecule has 3 aromatic rings. The summed E-state index contributed by atoms with van der Waals surface area (Å²) in [6.45, 7) is 1.84. The van der Waals surface area contributed by atoms with Crippen molar-refractivity contribution in [2.24, 2.45) is 0 Å². The van der Waals surface area contributed by atoms with Gasteiger partial charge in [-0.2, -0.15) is 0 Å². The summed E-state index contributed by atoms with van der Waals surface area (Å²) in [5.41, 5.74) is 7.84. The molecule has 3 heterocycles. The highest BCUT2D eigenvalue weighted by atomic mass is 32.1. The smallest absolute Gasteiger partial charge is 0.284 e. The predicted octanol–water partition coefficient (Wildman–Crippen LogP) is 2.43. The van der Waals surface area contributed by atoms with Crippen LogP contribution in [0.2, 0.25) is 0 Å². The molecule has 0 spiro atoms. The zero-order valence-corrected chi connectivity index (χ0v) is 8.67. The third-order valence-corrected chi connectivity index (χ3v) is 2.76. The Morgan fingerprint density at radius 2 is 2.20 bits per heavy atom. The molecule has 0 aliphatic heterocycles. The number of hydrogen-bond donors (Lipinski definition) is 1. The molecule has 3 rings (SSSR count). The van der Waals surface area contributed by atoms with Gasteiger partial charge in [-0.25, -0.2) is 9.97 Å². The van der Waals surface area contributed by atoms with Crippen LogP contribution in [0.25, 0.3) is 22.9 Å². The minimum absolute atomic E-state index is 0.368. The van der Waals surface area contributed by atoms with Gasteiger partial charge in [-0.15, -0.1) is 11.3 Å². The highest BCUT2D eigenvalue weighted by Crippen LogP contribution is 2.31. The summed E-state index contributed by atoms with van der Waals surface area (Å²) in [4.78, 5) is 8.35. The van der Waals surface area contributed by atoms with E-state index in [2.05, 4.69) is 9.97 Å². The third kappa shape index (κ3) is 1.22. The van der Waals surface area contributed by atoms with E-state index in [4.69, 9.17) is 14.6 Å². The van der Waals surface area contributed by atoms with E-state index in [0.717, 1.165) is 11.2 Å². The van der Waals surface area contributed by atoms with E-state index in [1.54, 1.807) is 6.26 Å². The van der Waals surface area contributed by atoms with Gasteiger partial charge in [0.05, 0.1) is 5.69 Å². The van der Waals surface area contributed by atoms with Crippen LogP contribution >= 0.6 is 11.3 Å². The van der Waals surface area contributed by atoms with Crippen LogP contribution in [-0.2, 0) is 0 Å². The number of nitrogen functional groups attached to an aromatic ring is 1. The van der Waals surface area contributed by atoms with Crippen LogP contribution in [0.3, 0.4) is 0 Å². The zero-order valence-electron chi connectivity index (χ0n) is 7.85. The van der Waals surface area contributed by atoms with Gasteiger partial charge in [-0.1, -0.05) is 0 Å². The summed E-state index contributed by atoms with van der Waals surface area (Å²) < 4.78 is 10.6. The van der Waals surface area contributed by atoms with Gasteiger partial charge in [-0.05, 0) is 6.92 Å². The standard InChI is InChI=1S/C9H7N3O2S/c1-4-2-13-8(11-4)9-12-5-3-15-7(10)6(5)14-9/h2-3H,10H2,1H3. The average molecular weight is 221 g/mol. The van der Waals surface area contributed by atoms with Gasteiger partial charge >= 0.3 is 0 Å². The second-order valence-corrected chi connectivity index (χ2v) is 4.04. The number of fused-ring (bicyclic) bond motifs is 1. The molecule has 76 valence electrons. The lowest BCUT2D eigenvalue weighted by atomic mass is 10.5. The van der Waals surface area contributed by atoms with Gasteiger partial charge in [0.1, 0.15) is 16.8 Å². The van der Waals surface area contributed by atoms with Crippen molar-refractivity contribution >= 4 is 27.4 Å². The van der Waals surface area contributed by atoms with Crippen LogP contribution in [-0.4, -0.2) is 9.97 Å². The molecule has 5 nitrogen and oxygen atoms in total. The number of oxazole rings is 2.